The van der Waals surface area contributed by atoms with Gasteiger partial charge in [-0.05, 0) is 24.3 Å². The second-order valence-electron chi connectivity index (χ2n) is 8.07. The largest absolute Gasteiger partial charge is 0.340 e. The number of nitrogens with one attached hydrogen (secondary N) is 2. The SMILES string of the molecule is CN1CC(c2cc[nH]n2)Cn2nc3c(c2C1=O)CN(C(=O)Nc1ccc(F)c(Cl)c1)CC3. The first-order valence-corrected chi connectivity index (χ1v) is 10.6. The number of urea groups is 1. The van der Waals surface area contributed by atoms with E-state index in [0.29, 0.717) is 37.4 Å². The van der Waals surface area contributed by atoms with Gasteiger partial charge in [0.05, 0.1) is 29.5 Å². The molecule has 0 fully saturated rings. The van der Waals surface area contributed by atoms with E-state index < -0.39 is 5.82 Å². The molecular weight excluding hydrogens is 437 g/mol. The number of carbonyl (C=O) groups is 2. The molecule has 3 aromatic rings. The third-order valence-electron chi connectivity index (χ3n) is 5.94. The molecule has 0 saturated carbocycles. The van der Waals surface area contributed by atoms with Gasteiger partial charge in [0.15, 0.2) is 0 Å². The number of aromatic nitrogens is 4. The Hall–Kier alpha value is -3.40. The highest BCUT2D eigenvalue weighted by molar-refractivity contribution is 6.31. The Balaban J connectivity index is 1.40. The lowest BCUT2D eigenvalue weighted by molar-refractivity contribution is 0.0788. The molecule has 32 heavy (non-hydrogen) atoms. The topological polar surface area (TPSA) is 99.2 Å². The van der Waals surface area contributed by atoms with E-state index in [2.05, 4.69) is 15.5 Å². The average Bonchev–Trinajstić information content (AvgIpc) is 3.40. The first-order chi connectivity index (χ1) is 15.4. The Morgan fingerprint density at radius 2 is 2.16 bits per heavy atom. The number of halogens is 2. The van der Waals surface area contributed by atoms with Crippen molar-refractivity contribution in [3.8, 4) is 0 Å². The smallest absolute Gasteiger partial charge is 0.322 e. The number of likely N-dealkylation sites (N-methyl/N-ethyl adjacent to an activating group) is 1. The van der Waals surface area contributed by atoms with E-state index in [9.17, 15) is 14.0 Å². The summed E-state index contributed by atoms with van der Waals surface area (Å²) >= 11 is 5.81. The molecule has 1 aromatic carbocycles. The van der Waals surface area contributed by atoms with Gasteiger partial charge in [-0.25, -0.2) is 9.18 Å². The van der Waals surface area contributed by atoms with Gasteiger partial charge in [0, 0.05) is 49.9 Å². The maximum atomic E-state index is 13.4. The second-order valence-corrected chi connectivity index (χ2v) is 8.48. The first kappa shape index (κ1) is 20.5. The molecule has 11 heteroatoms. The molecule has 5 rings (SSSR count). The summed E-state index contributed by atoms with van der Waals surface area (Å²) in [5, 5.41) is 14.5. The molecule has 3 amide bonds. The van der Waals surface area contributed by atoms with E-state index in [4.69, 9.17) is 16.7 Å². The number of anilines is 1. The van der Waals surface area contributed by atoms with Gasteiger partial charge in [-0.1, -0.05) is 11.6 Å². The van der Waals surface area contributed by atoms with E-state index in [1.165, 1.54) is 18.2 Å². The standard InChI is InChI=1S/C21H21ClFN7O2/c1-28-9-12(17-4-6-24-26-17)10-30-19(20(28)31)14-11-29(7-5-18(14)27-30)21(32)25-13-2-3-16(23)15(22)8-13/h2-4,6,8,12H,5,7,9-11H2,1H3,(H,24,26)(H,25,32). The van der Waals surface area contributed by atoms with Crippen LogP contribution in [0.4, 0.5) is 14.9 Å². The van der Waals surface area contributed by atoms with E-state index in [1.54, 1.807) is 27.7 Å². The van der Waals surface area contributed by atoms with Crippen LogP contribution in [0.3, 0.4) is 0 Å². The number of aromatic amines is 1. The lowest BCUT2D eigenvalue weighted by atomic mass is 10.0. The average molecular weight is 458 g/mol. The number of fused-ring (bicyclic) bond motifs is 3. The fraction of sp³-hybridized carbons (Fsp3) is 0.333. The van der Waals surface area contributed by atoms with Crippen molar-refractivity contribution in [1.82, 2.24) is 29.8 Å². The Bertz CT molecular complexity index is 1190. The zero-order valence-electron chi connectivity index (χ0n) is 17.3. The molecule has 0 aliphatic carbocycles. The summed E-state index contributed by atoms with van der Waals surface area (Å²) in [5.74, 6) is -0.657. The van der Waals surface area contributed by atoms with Crippen LogP contribution < -0.4 is 5.32 Å². The minimum absolute atomic E-state index is 0.0143. The molecule has 0 spiro atoms. The van der Waals surface area contributed by atoms with E-state index in [0.717, 1.165) is 17.0 Å². The van der Waals surface area contributed by atoms with Crippen LogP contribution in [0, 0.1) is 5.82 Å². The number of nitrogens with zero attached hydrogens (tertiary/aromatic N) is 5. The molecule has 2 aliphatic rings. The van der Waals surface area contributed by atoms with Crippen LogP contribution in [-0.2, 0) is 19.5 Å². The summed E-state index contributed by atoms with van der Waals surface area (Å²) in [4.78, 5) is 29.3. The van der Waals surface area contributed by atoms with Crippen molar-refractivity contribution in [3.05, 3.63) is 63.9 Å². The number of benzene rings is 1. The zero-order chi connectivity index (χ0) is 22.4. The maximum Gasteiger partial charge on any atom is 0.322 e. The highest BCUT2D eigenvalue weighted by atomic mass is 35.5. The maximum absolute atomic E-state index is 13.4. The van der Waals surface area contributed by atoms with Gasteiger partial charge in [-0.15, -0.1) is 0 Å². The normalized spacial score (nSPS) is 18.2. The molecule has 1 unspecified atom stereocenters. The fourth-order valence-corrected chi connectivity index (χ4v) is 4.48. The van der Waals surface area contributed by atoms with Gasteiger partial charge in [0.2, 0.25) is 0 Å². The number of hydrogen-bond donors (Lipinski definition) is 2. The lowest BCUT2D eigenvalue weighted by Crippen LogP contribution is -2.39. The molecule has 9 nitrogen and oxygen atoms in total. The highest BCUT2D eigenvalue weighted by Gasteiger charge is 2.35. The monoisotopic (exact) mass is 457 g/mol. The lowest BCUT2D eigenvalue weighted by Gasteiger charge is -2.27. The minimum atomic E-state index is -0.550. The Morgan fingerprint density at radius 1 is 1.31 bits per heavy atom. The van der Waals surface area contributed by atoms with Gasteiger partial charge >= 0.3 is 6.03 Å². The number of amides is 3. The number of H-pyrrole nitrogens is 1. The predicted molar refractivity (Wildman–Crippen MR) is 115 cm³/mol. The van der Waals surface area contributed by atoms with Crippen LogP contribution in [0.25, 0.3) is 0 Å². The number of carbonyl (C=O) groups excluding carboxylic acids is 2. The summed E-state index contributed by atoms with van der Waals surface area (Å²) in [6.45, 7) is 1.77. The highest BCUT2D eigenvalue weighted by Crippen LogP contribution is 2.29. The molecular formula is C21H21ClFN7O2. The van der Waals surface area contributed by atoms with Crippen LogP contribution in [-0.4, -0.2) is 61.9 Å². The summed E-state index contributed by atoms with van der Waals surface area (Å²) in [6, 6.07) is 5.58. The van der Waals surface area contributed by atoms with Crippen molar-refractivity contribution in [1.29, 1.82) is 0 Å². The molecule has 1 atom stereocenters. The van der Waals surface area contributed by atoms with Crippen LogP contribution in [0.15, 0.2) is 30.5 Å². The summed E-state index contributed by atoms with van der Waals surface area (Å²) in [5.41, 5.74) is 3.40. The molecule has 0 bridgehead atoms. The van der Waals surface area contributed by atoms with Gasteiger partial charge in [0.1, 0.15) is 11.5 Å². The van der Waals surface area contributed by atoms with Gasteiger partial charge in [-0.3, -0.25) is 14.6 Å². The quantitative estimate of drug-likeness (QED) is 0.618. The third-order valence-corrected chi connectivity index (χ3v) is 6.23. The van der Waals surface area contributed by atoms with E-state index in [-0.39, 0.29) is 29.4 Å². The summed E-state index contributed by atoms with van der Waals surface area (Å²) in [6.07, 6.45) is 2.30. The summed E-state index contributed by atoms with van der Waals surface area (Å²) < 4.78 is 15.2. The van der Waals surface area contributed by atoms with Crippen LogP contribution in [0.5, 0.6) is 0 Å². The van der Waals surface area contributed by atoms with Crippen molar-refractivity contribution in [2.45, 2.75) is 25.4 Å². The molecule has 2 aromatic heterocycles. The molecule has 0 saturated heterocycles. The third kappa shape index (κ3) is 3.60. The molecule has 166 valence electrons. The van der Waals surface area contributed by atoms with Crippen LogP contribution in [0.2, 0.25) is 5.02 Å². The predicted octanol–water partition coefficient (Wildman–Crippen LogP) is 2.86. The van der Waals surface area contributed by atoms with Crippen LogP contribution >= 0.6 is 11.6 Å². The molecule has 2 aliphatic heterocycles. The van der Waals surface area contributed by atoms with Crippen LogP contribution in [0.1, 0.15) is 33.4 Å². The Kier molecular flexibility index (Phi) is 5.09. The van der Waals surface area contributed by atoms with Crippen molar-refractivity contribution in [3.63, 3.8) is 0 Å². The molecule has 4 heterocycles. The fourth-order valence-electron chi connectivity index (χ4n) is 4.29. The zero-order valence-corrected chi connectivity index (χ0v) is 18.1. The van der Waals surface area contributed by atoms with Gasteiger partial charge < -0.3 is 15.1 Å². The Labute approximate surface area is 188 Å². The molecule has 2 N–H and O–H groups in total. The second kappa shape index (κ2) is 7.94. The number of hydrogen-bond acceptors (Lipinski definition) is 4. The van der Waals surface area contributed by atoms with Crippen molar-refractivity contribution in [2.75, 3.05) is 25.5 Å². The summed E-state index contributed by atoms with van der Waals surface area (Å²) in [7, 11) is 1.77. The number of rotatable bonds is 2. The first-order valence-electron chi connectivity index (χ1n) is 10.3. The van der Waals surface area contributed by atoms with Crippen molar-refractivity contribution >= 4 is 29.2 Å². The van der Waals surface area contributed by atoms with E-state index in [1.807, 2.05) is 6.07 Å². The van der Waals surface area contributed by atoms with E-state index >= 15 is 0 Å². The van der Waals surface area contributed by atoms with Gasteiger partial charge in [0.25, 0.3) is 5.91 Å². The molecule has 0 radical (unpaired) electrons. The van der Waals surface area contributed by atoms with Gasteiger partial charge in [-0.2, -0.15) is 10.2 Å². The minimum Gasteiger partial charge on any atom is -0.340 e. The van der Waals surface area contributed by atoms with Crippen molar-refractivity contribution < 1.29 is 14.0 Å². The van der Waals surface area contributed by atoms with Crippen molar-refractivity contribution in [2.24, 2.45) is 0 Å². The Morgan fingerprint density at radius 3 is 2.91 bits per heavy atom.